The number of hydrogen-bond donors (Lipinski definition) is 1. The summed E-state index contributed by atoms with van der Waals surface area (Å²) < 4.78 is 32.6. The first-order chi connectivity index (χ1) is 12.9. The lowest BCUT2D eigenvalue weighted by molar-refractivity contribution is -0.133. The van der Waals surface area contributed by atoms with Gasteiger partial charge in [-0.05, 0) is 23.6 Å². The molecule has 0 aromatic heterocycles. The maximum atomic E-state index is 12.9. The molecule has 2 heterocycles. The molecule has 2 aliphatic heterocycles. The molecule has 1 N–H and O–H groups in total. The van der Waals surface area contributed by atoms with Crippen molar-refractivity contribution in [2.24, 2.45) is 0 Å². The van der Waals surface area contributed by atoms with E-state index in [1.54, 1.807) is 17.0 Å². The second-order valence-electron chi connectivity index (χ2n) is 7.44. The molecule has 2 saturated heterocycles. The van der Waals surface area contributed by atoms with E-state index in [2.05, 4.69) is 19.2 Å². The Morgan fingerprint density at radius 2 is 1.85 bits per heavy atom. The average Bonchev–Trinajstić information content (AvgIpc) is 2.69. The molecule has 0 bridgehead atoms. The van der Waals surface area contributed by atoms with Crippen molar-refractivity contribution in [3.8, 4) is 0 Å². The number of morpholine rings is 1. The zero-order valence-electron chi connectivity index (χ0n) is 16.1. The van der Waals surface area contributed by atoms with Crippen LogP contribution in [0.15, 0.2) is 29.2 Å². The van der Waals surface area contributed by atoms with E-state index in [1.165, 1.54) is 4.31 Å². The number of carbonyl (C=O) groups excluding carboxylic acids is 1. The van der Waals surface area contributed by atoms with Crippen LogP contribution in [-0.2, 0) is 19.6 Å². The van der Waals surface area contributed by atoms with Gasteiger partial charge in [-0.3, -0.25) is 4.79 Å². The molecule has 1 atom stereocenters. The number of amides is 1. The first kappa shape index (κ1) is 20.3. The molecule has 27 heavy (non-hydrogen) atoms. The summed E-state index contributed by atoms with van der Waals surface area (Å²) in [6, 6.07) is 7.15. The first-order valence-electron chi connectivity index (χ1n) is 9.57. The molecule has 8 heteroatoms. The highest BCUT2D eigenvalue weighted by molar-refractivity contribution is 7.89. The minimum atomic E-state index is -3.52. The Morgan fingerprint density at radius 1 is 1.19 bits per heavy atom. The molecule has 1 aromatic carbocycles. The first-order valence-corrected chi connectivity index (χ1v) is 11.0. The monoisotopic (exact) mass is 395 g/mol. The second kappa shape index (κ2) is 8.68. The Labute approximate surface area is 161 Å². The van der Waals surface area contributed by atoms with Crippen molar-refractivity contribution < 1.29 is 17.9 Å². The maximum absolute atomic E-state index is 12.9. The highest BCUT2D eigenvalue weighted by Crippen LogP contribution is 2.21. The molecule has 1 aromatic rings. The zero-order chi connectivity index (χ0) is 19.4. The molecule has 7 nitrogen and oxygen atoms in total. The average molecular weight is 396 g/mol. The Balaban J connectivity index is 1.56. The van der Waals surface area contributed by atoms with Crippen molar-refractivity contribution in [3.05, 3.63) is 29.8 Å². The third kappa shape index (κ3) is 4.87. The van der Waals surface area contributed by atoms with Crippen LogP contribution in [0.5, 0.6) is 0 Å². The van der Waals surface area contributed by atoms with Crippen molar-refractivity contribution >= 4 is 15.9 Å². The summed E-state index contributed by atoms with van der Waals surface area (Å²) in [5.74, 6) is 0.414. The van der Waals surface area contributed by atoms with E-state index in [1.807, 2.05) is 12.1 Å². The van der Waals surface area contributed by atoms with Crippen molar-refractivity contribution in [1.82, 2.24) is 14.5 Å². The van der Waals surface area contributed by atoms with Crippen molar-refractivity contribution in [2.45, 2.75) is 37.1 Å². The number of nitrogens with zero attached hydrogens (tertiary/aromatic N) is 2. The highest BCUT2D eigenvalue weighted by atomic mass is 32.2. The van der Waals surface area contributed by atoms with Crippen LogP contribution in [0.2, 0.25) is 0 Å². The van der Waals surface area contributed by atoms with Gasteiger partial charge >= 0.3 is 0 Å². The zero-order valence-corrected chi connectivity index (χ0v) is 16.9. The van der Waals surface area contributed by atoms with Crippen LogP contribution in [0, 0.1) is 0 Å². The topological polar surface area (TPSA) is 79.0 Å². The number of sulfonamides is 1. The van der Waals surface area contributed by atoms with E-state index in [0.717, 1.165) is 12.1 Å². The molecule has 3 rings (SSSR count). The predicted octanol–water partition coefficient (Wildman–Crippen LogP) is 1.02. The summed E-state index contributed by atoms with van der Waals surface area (Å²) in [7, 11) is -3.52. The Morgan fingerprint density at radius 3 is 2.41 bits per heavy atom. The van der Waals surface area contributed by atoms with Crippen molar-refractivity contribution in [1.29, 1.82) is 0 Å². The fourth-order valence-electron chi connectivity index (χ4n) is 3.44. The molecule has 150 valence electrons. The Hall–Kier alpha value is -1.48. The van der Waals surface area contributed by atoms with E-state index in [4.69, 9.17) is 4.74 Å². The fraction of sp³-hybridized carbons (Fsp3) is 0.632. The van der Waals surface area contributed by atoms with Gasteiger partial charge in [-0.15, -0.1) is 0 Å². The SMILES string of the molecule is CC(C)c1ccc(S(=O)(=O)N2CCN(C(=O)CC3COCCN3)CC2)cc1. The van der Waals surface area contributed by atoms with Gasteiger partial charge in [0, 0.05) is 45.2 Å². The Kier molecular flexibility index (Phi) is 6.52. The molecule has 1 amide bonds. The number of carbonyl (C=O) groups is 1. The van der Waals surface area contributed by atoms with E-state index in [-0.39, 0.29) is 11.9 Å². The molecule has 2 aliphatic rings. The largest absolute Gasteiger partial charge is 0.378 e. The molecular weight excluding hydrogens is 366 g/mol. The normalized spacial score (nSPS) is 22.2. The number of rotatable bonds is 5. The number of benzene rings is 1. The van der Waals surface area contributed by atoms with Gasteiger partial charge in [0.1, 0.15) is 0 Å². The van der Waals surface area contributed by atoms with E-state index in [0.29, 0.717) is 56.6 Å². The second-order valence-corrected chi connectivity index (χ2v) is 9.38. The summed E-state index contributed by atoms with van der Waals surface area (Å²) in [5, 5.41) is 3.28. The van der Waals surface area contributed by atoms with Gasteiger partial charge in [0.15, 0.2) is 0 Å². The van der Waals surface area contributed by atoms with E-state index >= 15 is 0 Å². The number of ether oxygens (including phenoxy) is 1. The van der Waals surface area contributed by atoms with Crippen LogP contribution in [-0.4, -0.2) is 75.5 Å². The minimum absolute atomic E-state index is 0.0486. The van der Waals surface area contributed by atoms with Crippen LogP contribution >= 0.6 is 0 Å². The molecule has 0 aliphatic carbocycles. The smallest absolute Gasteiger partial charge is 0.243 e. The van der Waals surface area contributed by atoms with Gasteiger partial charge < -0.3 is 15.0 Å². The van der Waals surface area contributed by atoms with Crippen LogP contribution in [0.25, 0.3) is 0 Å². The van der Waals surface area contributed by atoms with Gasteiger partial charge in [-0.1, -0.05) is 26.0 Å². The summed E-state index contributed by atoms with van der Waals surface area (Å²) in [6.45, 7) is 7.66. The van der Waals surface area contributed by atoms with Gasteiger partial charge in [-0.2, -0.15) is 4.31 Å². The maximum Gasteiger partial charge on any atom is 0.243 e. The summed E-state index contributed by atoms with van der Waals surface area (Å²) in [4.78, 5) is 14.5. The van der Waals surface area contributed by atoms with Crippen LogP contribution in [0.3, 0.4) is 0 Å². The number of piperazine rings is 1. The lowest BCUT2D eigenvalue weighted by Crippen LogP contribution is -2.52. The van der Waals surface area contributed by atoms with Crippen molar-refractivity contribution in [2.75, 3.05) is 45.9 Å². The molecule has 2 fully saturated rings. The fourth-order valence-corrected chi connectivity index (χ4v) is 4.86. The van der Waals surface area contributed by atoms with Gasteiger partial charge in [0.05, 0.1) is 18.1 Å². The van der Waals surface area contributed by atoms with Gasteiger partial charge in [0.2, 0.25) is 15.9 Å². The van der Waals surface area contributed by atoms with Crippen LogP contribution in [0.4, 0.5) is 0 Å². The van der Waals surface area contributed by atoms with E-state index in [9.17, 15) is 13.2 Å². The molecule has 1 unspecified atom stereocenters. The number of hydrogen-bond acceptors (Lipinski definition) is 5. The van der Waals surface area contributed by atoms with Crippen LogP contribution in [0.1, 0.15) is 31.7 Å². The van der Waals surface area contributed by atoms with E-state index < -0.39 is 10.0 Å². The molecular formula is C19H29N3O4S. The van der Waals surface area contributed by atoms with Gasteiger partial charge in [-0.25, -0.2) is 8.42 Å². The summed E-state index contributed by atoms with van der Waals surface area (Å²) in [5.41, 5.74) is 1.12. The van der Waals surface area contributed by atoms with Crippen LogP contribution < -0.4 is 5.32 Å². The molecule has 0 spiro atoms. The standard InChI is InChI=1S/C19H29N3O4S/c1-15(2)16-3-5-18(6-4-16)27(24,25)22-10-8-21(9-11-22)19(23)13-17-14-26-12-7-20-17/h3-6,15,17,20H,7-14H2,1-2H3. The lowest BCUT2D eigenvalue weighted by Gasteiger charge is -2.35. The molecule has 0 radical (unpaired) electrons. The third-order valence-corrected chi connectivity index (χ3v) is 7.11. The minimum Gasteiger partial charge on any atom is -0.378 e. The predicted molar refractivity (Wildman–Crippen MR) is 103 cm³/mol. The van der Waals surface area contributed by atoms with Gasteiger partial charge in [0.25, 0.3) is 0 Å². The number of nitrogens with one attached hydrogen (secondary N) is 1. The lowest BCUT2D eigenvalue weighted by atomic mass is 10.0. The Bertz CT molecular complexity index is 735. The quantitative estimate of drug-likeness (QED) is 0.805. The summed E-state index contributed by atoms with van der Waals surface area (Å²) in [6.07, 6.45) is 0.392. The highest BCUT2D eigenvalue weighted by Gasteiger charge is 2.31. The summed E-state index contributed by atoms with van der Waals surface area (Å²) >= 11 is 0. The molecule has 0 saturated carbocycles. The third-order valence-electron chi connectivity index (χ3n) is 5.20. The van der Waals surface area contributed by atoms with Crippen molar-refractivity contribution in [3.63, 3.8) is 0 Å².